The van der Waals surface area contributed by atoms with Crippen LogP contribution in [0.2, 0.25) is 0 Å². The van der Waals surface area contributed by atoms with Gasteiger partial charge in [0.05, 0.1) is 6.61 Å². The summed E-state index contributed by atoms with van der Waals surface area (Å²) in [5, 5.41) is 12.7. The summed E-state index contributed by atoms with van der Waals surface area (Å²) in [5.41, 5.74) is 3.07. The molecule has 1 aliphatic carbocycles. The van der Waals surface area contributed by atoms with E-state index in [1.54, 1.807) is 0 Å². The molecule has 2 nitrogen and oxygen atoms in total. The quantitative estimate of drug-likeness (QED) is 0.817. The Morgan fingerprint density at radius 2 is 2.12 bits per heavy atom. The van der Waals surface area contributed by atoms with Crippen LogP contribution in [0.1, 0.15) is 37.9 Å². The monoisotopic (exact) mass is 219 g/mol. The number of rotatable bonds is 3. The molecule has 1 aromatic carbocycles. The maximum atomic E-state index is 9.15. The number of fused-ring (bicyclic) bond motifs is 1. The number of aliphatic hydroxyl groups excluding tert-OH is 1. The SMILES string of the molecule is CC(CO)NC1c2ccccc2CC1(C)C. The van der Waals surface area contributed by atoms with Gasteiger partial charge in [-0.15, -0.1) is 0 Å². The molecular weight excluding hydrogens is 198 g/mol. The lowest BCUT2D eigenvalue weighted by molar-refractivity contribution is 0.198. The molecule has 1 aromatic rings. The van der Waals surface area contributed by atoms with Crippen molar-refractivity contribution in [1.82, 2.24) is 5.32 Å². The Balaban J connectivity index is 2.28. The Kier molecular flexibility index (Phi) is 3.04. The zero-order valence-corrected chi connectivity index (χ0v) is 10.3. The van der Waals surface area contributed by atoms with Gasteiger partial charge < -0.3 is 10.4 Å². The smallest absolute Gasteiger partial charge is 0.0582 e. The molecule has 0 saturated carbocycles. The van der Waals surface area contributed by atoms with Gasteiger partial charge in [0.25, 0.3) is 0 Å². The number of benzene rings is 1. The predicted octanol–water partition coefficient (Wildman–Crippen LogP) is 2.28. The lowest BCUT2D eigenvalue weighted by atomic mass is 9.85. The summed E-state index contributed by atoms with van der Waals surface area (Å²) in [4.78, 5) is 0. The van der Waals surface area contributed by atoms with Crippen LogP contribution in [0, 0.1) is 5.41 Å². The van der Waals surface area contributed by atoms with Crippen molar-refractivity contribution in [1.29, 1.82) is 0 Å². The summed E-state index contributed by atoms with van der Waals surface area (Å²) >= 11 is 0. The van der Waals surface area contributed by atoms with E-state index in [1.807, 2.05) is 6.92 Å². The average molecular weight is 219 g/mol. The molecule has 0 radical (unpaired) electrons. The summed E-state index contributed by atoms with van der Waals surface area (Å²) in [6.07, 6.45) is 1.11. The van der Waals surface area contributed by atoms with E-state index in [-0.39, 0.29) is 18.1 Å². The topological polar surface area (TPSA) is 32.3 Å². The third-order valence-corrected chi connectivity index (χ3v) is 3.52. The first-order chi connectivity index (χ1) is 7.54. The van der Waals surface area contributed by atoms with Crippen molar-refractivity contribution in [3.05, 3.63) is 35.4 Å². The van der Waals surface area contributed by atoms with Crippen molar-refractivity contribution in [2.24, 2.45) is 5.41 Å². The molecule has 1 aliphatic rings. The van der Waals surface area contributed by atoms with E-state index < -0.39 is 0 Å². The van der Waals surface area contributed by atoms with Gasteiger partial charge in [0.2, 0.25) is 0 Å². The number of nitrogens with one attached hydrogen (secondary N) is 1. The van der Waals surface area contributed by atoms with Crippen LogP contribution in [-0.2, 0) is 6.42 Å². The van der Waals surface area contributed by atoms with Gasteiger partial charge in [-0.2, -0.15) is 0 Å². The van der Waals surface area contributed by atoms with Crippen molar-refractivity contribution in [3.63, 3.8) is 0 Å². The highest BCUT2D eigenvalue weighted by atomic mass is 16.3. The molecule has 88 valence electrons. The molecule has 0 fully saturated rings. The largest absolute Gasteiger partial charge is 0.395 e. The second-order valence-electron chi connectivity index (χ2n) is 5.55. The summed E-state index contributed by atoms with van der Waals surface area (Å²) in [6.45, 7) is 6.79. The lowest BCUT2D eigenvalue weighted by Gasteiger charge is -2.31. The van der Waals surface area contributed by atoms with E-state index >= 15 is 0 Å². The molecule has 2 heteroatoms. The highest BCUT2D eigenvalue weighted by molar-refractivity contribution is 5.37. The van der Waals surface area contributed by atoms with Crippen LogP contribution in [-0.4, -0.2) is 17.8 Å². The van der Waals surface area contributed by atoms with Crippen LogP contribution in [0.4, 0.5) is 0 Å². The molecule has 2 rings (SSSR count). The third-order valence-electron chi connectivity index (χ3n) is 3.52. The first-order valence-corrected chi connectivity index (χ1v) is 5.99. The van der Waals surface area contributed by atoms with Gasteiger partial charge >= 0.3 is 0 Å². The van der Waals surface area contributed by atoms with Gasteiger partial charge in [0.1, 0.15) is 0 Å². The summed E-state index contributed by atoms with van der Waals surface area (Å²) in [7, 11) is 0. The molecule has 2 unspecified atom stereocenters. The predicted molar refractivity (Wildman–Crippen MR) is 66.4 cm³/mol. The fraction of sp³-hybridized carbons (Fsp3) is 0.571. The zero-order chi connectivity index (χ0) is 11.8. The van der Waals surface area contributed by atoms with Gasteiger partial charge in [0.15, 0.2) is 0 Å². The Hall–Kier alpha value is -0.860. The maximum absolute atomic E-state index is 9.15. The van der Waals surface area contributed by atoms with E-state index in [0.717, 1.165) is 6.42 Å². The molecule has 0 amide bonds. The third kappa shape index (κ3) is 2.00. The molecule has 2 atom stereocenters. The second-order valence-corrected chi connectivity index (χ2v) is 5.55. The Bertz CT molecular complexity index is 373. The van der Waals surface area contributed by atoms with E-state index in [2.05, 4.69) is 43.4 Å². The number of hydrogen-bond donors (Lipinski definition) is 2. The van der Waals surface area contributed by atoms with E-state index in [4.69, 9.17) is 5.11 Å². The van der Waals surface area contributed by atoms with Gasteiger partial charge in [-0.25, -0.2) is 0 Å². The van der Waals surface area contributed by atoms with Crippen LogP contribution in [0.15, 0.2) is 24.3 Å². The number of aliphatic hydroxyl groups is 1. The normalized spacial score (nSPS) is 24.1. The molecule has 0 aromatic heterocycles. The molecule has 0 spiro atoms. The fourth-order valence-corrected chi connectivity index (χ4v) is 2.64. The highest BCUT2D eigenvalue weighted by Crippen LogP contribution is 2.45. The van der Waals surface area contributed by atoms with Crippen molar-refractivity contribution in [2.75, 3.05) is 6.61 Å². The molecule has 2 N–H and O–H groups in total. The van der Waals surface area contributed by atoms with E-state index in [1.165, 1.54) is 11.1 Å². The first kappa shape index (κ1) is 11.6. The molecule has 0 aliphatic heterocycles. The Morgan fingerprint density at radius 1 is 1.44 bits per heavy atom. The Labute approximate surface area is 97.7 Å². The minimum absolute atomic E-state index is 0.149. The van der Waals surface area contributed by atoms with Crippen LogP contribution in [0.3, 0.4) is 0 Å². The highest BCUT2D eigenvalue weighted by Gasteiger charge is 2.38. The maximum Gasteiger partial charge on any atom is 0.0582 e. The molecule has 0 saturated heterocycles. The molecular formula is C14H21NO. The van der Waals surface area contributed by atoms with Crippen LogP contribution in [0.5, 0.6) is 0 Å². The van der Waals surface area contributed by atoms with Crippen molar-refractivity contribution in [3.8, 4) is 0 Å². The molecule has 0 heterocycles. The lowest BCUT2D eigenvalue weighted by Crippen LogP contribution is -2.38. The van der Waals surface area contributed by atoms with Crippen LogP contribution >= 0.6 is 0 Å². The van der Waals surface area contributed by atoms with E-state index in [9.17, 15) is 0 Å². The van der Waals surface area contributed by atoms with Gasteiger partial charge in [-0.3, -0.25) is 0 Å². The molecule has 16 heavy (non-hydrogen) atoms. The van der Waals surface area contributed by atoms with Crippen LogP contribution in [0.25, 0.3) is 0 Å². The standard InChI is InChI=1S/C14H21NO/c1-10(9-16)15-13-12-7-5-4-6-11(12)8-14(13,2)3/h4-7,10,13,15-16H,8-9H2,1-3H3. The summed E-state index contributed by atoms with van der Waals surface area (Å²) in [5.74, 6) is 0. The minimum atomic E-state index is 0.149. The Morgan fingerprint density at radius 3 is 2.81 bits per heavy atom. The number of hydrogen-bond acceptors (Lipinski definition) is 2. The van der Waals surface area contributed by atoms with Crippen molar-refractivity contribution in [2.45, 2.75) is 39.3 Å². The van der Waals surface area contributed by atoms with Gasteiger partial charge in [-0.05, 0) is 29.9 Å². The molecule has 0 bridgehead atoms. The fourth-order valence-electron chi connectivity index (χ4n) is 2.64. The first-order valence-electron chi connectivity index (χ1n) is 5.99. The van der Waals surface area contributed by atoms with Gasteiger partial charge in [-0.1, -0.05) is 38.1 Å². The van der Waals surface area contributed by atoms with Gasteiger partial charge in [0, 0.05) is 12.1 Å². The second kappa shape index (κ2) is 4.19. The summed E-state index contributed by atoms with van der Waals surface area (Å²) in [6, 6.07) is 9.11. The average Bonchev–Trinajstić information content (AvgIpc) is 2.50. The minimum Gasteiger partial charge on any atom is -0.395 e. The van der Waals surface area contributed by atoms with Crippen molar-refractivity contribution < 1.29 is 5.11 Å². The summed E-state index contributed by atoms with van der Waals surface area (Å²) < 4.78 is 0. The van der Waals surface area contributed by atoms with E-state index in [0.29, 0.717) is 6.04 Å². The van der Waals surface area contributed by atoms with Crippen molar-refractivity contribution >= 4 is 0 Å². The van der Waals surface area contributed by atoms with Crippen LogP contribution < -0.4 is 5.32 Å². The zero-order valence-electron chi connectivity index (χ0n) is 10.3.